The van der Waals surface area contributed by atoms with Gasteiger partial charge in [0.25, 0.3) is 0 Å². The summed E-state index contributed by atoms with van der Waals surface area (Å²) in [4.78, 5) is 11.1. The van der Waals surface area contributed by atoms with Crippen LogP contribution in [0.5, 0.6) is 5.75 Å². The van der Waals surface area contributed by atoms with Crippen molar-refractivity contribution in [2.24, 2.45) is 0 Å². The Morgan fingerprint density at radius 2 is 1.70 bits per heavy atom. The third-order valence-corrected chi connectivity index (χ3v) is 6.44. The quantitative estimate of drug-likeness (QED) is 0.559. The number of hydrogen-bond donors (Lipinski definition) is 1. The summed E-state index contributed by atoms with van der Waals surface area (Å²) in [6.45, 7) is 2.39. The number of benzene rings is 3. The van der Waals surface area contributed by atoms with Gasteiger partial charge in [0, 0.05) is 0 Å². The molecule has 1 aliphatic carbocycles. The van der Waals surface area contributed by atoms with E-state index in [1.807, 2.05) is 24.3 Å². The molecule has 0 aromatic heterocycles. The second kappa shape index (κ2) is 8.35. The summed E-state index contributed by atoms with van der Waals surface area (Å²) in [6.07, 6.45) is 5.08. The highest BCUT2D eigenvalue weighted by atomic mass is 16.5. The Bertz CT molecular complexity index is 1050. The van der Waals surface area contributed by atoms with Crippen LogP contribution in [0.25, 0.3) is 0 Å². The minimum absolute atomic E-state index is 0.0910. The van der Waals surface area contributed by atoms with Gasteiger partial charge in [-0.1, -0.05) is 55.5 Å². The number of aryl methyl sites for hydroxylation is 3. The van der Waals surface area contributed by atoms with Crippen molar-refractivity contribution >= 4 is 5.97 Å². The number of aromatic carboxylic acids is 1. The Hall–Kier alpha value is -3.07. The first-order valence-corrected chi connectivity index (χ1v) is 10.6. The maximum absolute atomic E-state index is 11.1. The lowest BCUT2D eigenvalue weighted by atomic mass is 9.75. The van der Waals surface area contributed by atoms with Crippen molar-refractivity contribution in [1.29, 1.82) is 0 Å². The van der Waals surface area contributed by atoms with Gasteiger partial charge in [0.1, 0.15) is 5.75 Å². The zero-order chi connectivity index (χ0) is 21.1. The molecular formula is C27H28O3. The molecule has 0 bridgehead atoms. The predicted molar refractivity (Wildman–Crippen MR) is 120 cm³/mol. The summed E-state index contributed by atoms with van der Waals surface area (Å²) in [5.74, 6) is 0.0812. The standard InChI is InChI=1S/C27H28O3/c1-27(18-23-6-3-4-9-24(23)30-2)17-16-21-8-5-7-20(25(21)27)13-10-19-11-14-22(15-12-19)26(28)29/h3-9,11-12,14-15H,10,13,16-18H2,1-2H3,(H,28,29)/t27-/m1/s1. The second-order valence-corrected chi connectivity index (χ2v) is 8.50. The van der Waals surface area contributed by atoms with Crippen molar-refractivity contribution in [3.05, 3.63) is 100 Å². The third kappa shape index (κ3) is 3.97. The van der Waals surface area contributed by atoms with Crippen LogP contribution in [-0.4, -0.2) is 18.2 Å². The molecule has 0 saturated heterocycles. The van der Waals surface area contributed by atoms with Gasteiger partial charge in [-0.3, -0.25) is 0 Å². The highest BCUT2D eigenvalue weighted by molar-refractivity contribution is 5.87. The lowest BCUT2D eigenvalue weighted by Gasteiger charge is -2.29. The topological polar surface area (TPSA) is 46.5 Å². The highest BCUT2D eigenvalue weighted by Crippen LogP contribution is 2.44. The first-order chi connectivity index (χ1) is 14.5. The molecule has 1 N–H and O–H groups in total. The Morgan fingerprint density at radius 1 is 0.967 bits per heavy atom. The van der Waals surface area contributed by atoms with E-state index in [0.29, 0.717) is 5.56 Å². The van der Waals surface area contributed by atoms with Crippen molar-refractivity contribution < 1.29 is 14.6 Å². The van der Waals surface area contributed by atoms with Crippen LogP contribution in [0.4, 0.5) is 0 Å². The fourth-order valence-corrected chi connectivity index (χ4v) is 4.92. The van der Waals surface area contributed by atoms with Gasteiger partial charge in [-0.2, -0.15) is 0 Å². The summed E-state index contributed by atoms with van der Waals surface area (Å²) in [6, 6.07) is 22.3. The van der Waals surface area contributed by atoms with Crippen LogP contribution in [0.1, 0.15) is 51.5 Å². The molecule has 1 aliphatic rings. The number of methoxy groups -OCH3 is 1. The number of carbonyl (C=O) groups is 1. The molecule has 0 aliphatic heterocycles. The zero-order valence-electron chi connectivity index (χ0n) is 17.7. The normalized spacial score (nSPS) is 17.5. The monoisotopic (exact) mass is 400 g/mol. The average Bonchev–Trinajstić information content (AvgIpc) is 3.10. The van der Waals surface area contributed by atoms with Crippen LogP contribution < -0.4 is 4.74 Å². The summed E-state index contributed by atoms with van der Waals surface area (Å²) < 4.78 is 5.61. The van der Waals surface area contributed by atoms with E-state index in [1.54, 1.807) is 19.2 Å². The lowest BCUT2D eigenvalue weighted by Crippen LogP contribution is -2.23. The van der Waals surface area contributed by atoms with Gasteiger partial charge < -0.3 is 9.84 Å². The number of carboxylic acid groups (broad SMARTS) is 1. The van der Waals surface area contributed by atoms with Gasteiger partial charge in [0.15, 0.2) is 0 Å². The van der Waals surface area contributed by atoms with Crippen LogP contribution in [0.15, 0.2) is 66.7 Å². The van der Waals surface area contributed by atoms with Crippen LogP contribution in [-0.2, 0) is 31.1 Å². The van der Waals surface area contributed by atoms with Crippen LogP contribution >= 0.6 is 0 Å². The zero-order valence-corrected chi connectivity index (χ0v) is 17.7. The SMILES string of the molecule is COc1ccccc1C[C@@]1(C)CCc2cccc(CCc3ccc(C(=O)O)cc3)c21. The van der Waals surface area contributed by atoms with Crippen LogP contribution in [0.2, 0.25) is 0 Å². The fraction of sp³-hybridized carbons (Fsp3) is 0.296. The molecule has 1 atom stereocenters. The van der Waals surface area contributed by atoms with Crippen molar-refractivity contribution in [2.45, 2.75) is 44.4 Å². The molecule has 154 valence electrons. The molecule has 0 amide bonds. The highest BCUT2D eigenvalue weighted by Gasteiger charge is 2.36. The molecular weight excluding hydrogens is 372 g/mol. The van der Waals surface area contributed by atoms with E-state index in [1.165, 1.54) is 27.8 Å². The van der Waals surface area contributed by atoms with Crippen molar-refractivity contribution in [3.8, 4) is 5.75 Å². The van der Waals surface area contributed by atoms with Crippen LogP contribution in [0, 0.1) is 0 Å². The Labute approximate surface area is 178 Å². The van der Waals surface area contributed by atoms with E-state index >= 15 is 0 Å². The molecule has 4 rings (SSSR count). The molecule has 0 saturated carbocycles. The Kier molecular flexibility index (Phi) is 5.63. The van der Waals surface area contributed by atoms with E-state index in [9.17, 15) is 4.79 Å². The number of rotatable bonds is 7. The summed E-state index contributed by atoms with van der Waals surface area (Å²) >= 11 is 0. The lowest BCUT2D eigenvalue weighted by molar-refractivity contribution is 0.0697. The predicted octanol–water partition coefficient (Wildman–Crippen LogP) is 5.63. The smallest absolute Gasteiger partial charge is 0.335 e. The molecule has 30 heavy (non-hydrogen) atoms. The third-order valence-electron chi connectivity index (χ3n) is 6.44. The minimum atomic E-state index is -0.880. The molecule has 3 heteroatoms. The number of ether oxygens (including phenoxy) is 1. The van der Waals surface area contributed by atoms with Gasteiger partial charge in [0.05, 0.1) is 12.7 Å². The van der Waals surface area contributed by atoms with Crippen LogP contribution in [0.3, 0.4) is 0 Å². The number of carboxylic acids is 1. The summed E-state index contributed by atoms with van der Waals surface area (Å²) in [5, 5.41) is 9.10. The largest absolute Gasteiger partial charge is 0.496 e. The number of para-hydroxylation sites is 1. The number of hydrogen-bond acceptors (Lipinski definition) is 2. The fourth-order valence-electron chi connectivity index (χ4n) is 4.92. The first-order valence-electron chi connectivity index (χ1n) is 10.6. The van der Waals surface area contributed by atoms with E-state index < -0.39 is 5.97 Å². The average molecular weight is 401 g/mol. The Morgan fingerprint density at radius 3 is 2.43 bits per heavy atom. The van der Waals surface area contributed by atoms with E-state index in [0.717, 1.165) is 37.9 Å². The van der Waals surface area contributed by atoms with Gasteiger partial charge in [-0.25, -0.2) is 4.79 Å². The molecule has 0 unspecified atom stereocenters. The minimum Gasteiger partial charge on any atom is -0.496 e. The summed E-state index contributed by atoms with van der Waals surface area (Å²) in [7, 11) is 1.74. The van der Waals surface area contributed by atoms with Crippen molar-refractivity contribution in [1.82, 2.24) is 0 Å². The van der Waals surface area contributed by atoms with Gasteiger partial charge in [-0.15, -0.1) is 0 Å². The molecule has 3 aromatic rings. The summed E-state index contributed by atoms with van der Waals surface area (Å²) in [5.41, 5.74) is 7.22. The maximum Gasteiger partial charge on any atom is 0.335 e. The van der Waals surface area contributed by atoms with Crippen molar-refractivity contribution in [2.75, 3.05) is 7.11 Å². The molecule has 0 fully saturated rings. The van der Waals surface area contributed by atoms with E-state index in [4.69, 9.17) is 9.84 Å². The number of fused-ring (bicyclic) bond motifs is 1. The Balaban J connectivity index is 1.58. The van der Waals surface area contributed by atoms with Gasteiger partial charge in [0.2, 0.25) is 0 Å². The van der Waals surface area contributed by atoms with Crippen molar-refractivity contribution in [3.63, 3.8) is 0 Å². The van der Waals surface area contributed by atoms with E-state index in [-0.39, 0.29) is 5.41 Å². The first kappa shape index (κ1) is 20.2. The van der Waals surface area contributed by atoms with Gasteiger partial charge >= 0.3 is 5.97 Å². The van der Waals surface area contributed by atoms with Gasteiger partial charge in [-0.05, 0) is 83.5 Å². The maximum atomic E-state index is 11.1. The molecule has 3 aromatic carbocycles. The van der Waals surface area contributed by atoms with E-state index in [2.05, 4.69) is 37.3 Å². The molecule has 0 radical (unpaired) electrons. The molecule has 0 spiro atoms. The molecule has 0 heterocycles. The molecule has 3 nitrogen and oxygen atoms in total. The second-order valence-electron chi connectivity index (χ2n) is 8.50.